The van der Waals surface area contributed by atoms with E-state index in [2.05, 4.69) is 43.5 Å². The molecule has 0 fully saturated rings. The average Bonchev–Trinajstić information content (AvgIpc) is 3.01. The quantitative estimate of drug-likeness (QED) is 0.700. The lowest BCUT2D eigenvalue weighted by atomic mass is 10.1. The van der Waals surface area contributed by atoms with Gasteiger partial charge >= 0.3 is 0 Å². The molecule has 0 aliphatic carbocycles. The Morgan fingerprint density at radius 1 is 1.32 bits per heavy atom. The monoisotopic (exact) mass is 310 g/mol. The Hall–Kier alpha value is -2.26. The molecule has 3 heterocycles. The predicted octanol–water partition coefficient (Wildman–Crippen LogP) is 2.02. The lowest BCUT2D eigenvalue weighted by Gasteiger charge is -2.04. The van der Waals surface area contributed by atoms with Crippen molar-refractivity contribution in [2.45, 2.75) is 13.5 Å². The third-order valence-electron chi connectivity index (χ3n) is 4.13. The number of amides is 1. The average molecular weight is 310 g/mol. The molecule has 1 aliphatic rings. The molecule has 0 bridgehead atoms. The van der Waals surface area contributed by atoms with E-state index in [0.717, 1.165) is 33.3 Å². The van der Waals surface area contributed by atoms with Crippen molar-refractivity contribution in [1.29, 1.82) is 0 Å². The number of carbonyl (C=O) groups excluding carboxylic acids is 1. The third kappa shape index (κ3) is 1.86. The number of aromatic nitrogens is 3. The summed E-state index contributed by atoms with van der Waals surface area (Å²) in [5.74, 6) is 0.0319. The molecule has 2 aromatic heterocycles. The third-order valence-corrected chi connectivity index (χ3v) is 4.75. The molecule has 1 unspecified atom stereocenters. The first-order valence-corrected chi connectivity index (χ1v) is 7.62. The van der Waals surface area contributed by atoms with E-state index in [1.54, 1.807) is 11.9 Å². The molecule has 0 radical (unpaired) electrons. The minimum absolute atomic E-state index is 0.0319. The number of aromatic amines is 1. The van der Waals surface area contributed by atoms with Gasteiger partial charge in [0.2, 0.25) is 0 Å². The van der Waals surface area contributed by atoms with Gasteiger partial charge < -0.3 is 4.90 Å². The SMILES string of the molecule is Cc1cc2c(-c3ccc4c(n3)CN(C)C4=O)n[nH]c2cc1P. The Balaban J connectivity index is 1.88. The number of benzene rings is 1. The first-order valence-electron chi connectivity index (χ1n) is 7.04. The second-order valence-corrected chi connectivity index (χ2v) is 6.30. The molecule has 1 amide bonds. The molecule has 5 nitrogen and oxygen atoms in total. The van der Waals surface area contributed by atoms with E-state index >= 15 is 0 Å². The van der Waals surface area contributed by atoms with Crippen LogP contribution in [-0.4, -0.2) is 33.0 Å². The van der Waals surface area contributed by atoms with Crippen LogP contribution in [0.3, 0.4) is 0 Å². The topological polar surface area (TPSA) is 61.9 Å². The van der Waals surface area contributed by atoms with E-state index in [1.807, 2.05) is 12.1 Å². The zero-order valence-corrected chi connectivity index (χ0v) is 13.5. The maximum absolute atomic E-state index is 12.0. The molecule has 0 spiro atoms. The van der Waals surface area contributed by atoms with Crippen LogP contribution in [0, 0.1) is 6.92 Å². The van der Waals surface area contributed by atoms with Crippen LogP contribution < -0.4 is 5.30 Å². The molecule has 0 saturated heterocycles. The lowest BCUT2D eigenvalue weighted by molar-refractivity contribution is 0.0816. The fourth-order valence-electron chi connectivity index (χ4n) is 2.84. The number of H-pyrrole nitrogens is 1. The van der Waals surface area contributed by atoms with E-state index in [4.69, 9.17) is 0 Å². The highest BCUT2D eigenvalue weighted by atomic mass is 31.0. The van der Waals surface area contributed by atoms with Gasteiger partial charge in [-0.15, -0.1) is 9.24 Å². The maximum atomic E-state index is 12.0. The summed E-state index contributed by atoms with van der Waals surface area (Å²) in [5, 5.41) is 9.67. The maximum Gasteiger partial charge on any atom is 0.255 e. The number of hydrogen-bond acceptors (Lipinski definition) is 3. The first-order chi connectivity index (χ1) is 10.5. The fraction of sp³-hybridized carbons (Fsp3) is 0.188. The van der Waals surface area contributed by atoms with Crippen molar-refractivity contribution in [3.8, 4) is 11.4 Å². The van der Waals surface area contributed by atoms with Crippen LogP contribution in [0.25, 0.3) is 22.3 Å². The summed E-state index contributed by atoms with van der Waals surface area (Å²) in [6, 6.07) is 7.90. The van der Waals surface area contributed by atoms with Crippen LogP contribution in [0.2, 0.25) is 0 Å². The van der Waals surface area contributed by atoms with Crippen LogP contribution in [-0.2, 0) is 6.54 Å². The molecule has 1 aromatic carbocycles. The van der Waals surface area contributed by atoms with Gasteiger partial charge in [-0.25, -0.2) is 4.98 Å². The van der Waals surface area contributed by atoms with Crippen molar-refractivity contribution in [3.05, 3.63) is 41.1 Å². The lowest BCUT2D eigenvalue weighted by Crippen LogP contribution is -2.17. The predicted molar refractivity (Wildman–Crippen MR) is 89.2 cm³/mol. The number of hydrogen-bond donors (Lipinski definition) is 1. The zero-order valence-electron chi connectivity index (χ0n) is 12.3. The van der Waals surface area contributed by atoms with E-state index in [1.165, 1.54) is 5.56 Å². The number of nitrogens with one attached hydrogen (secondary N) is 1. The number of rotatable bonds is 1. The van der Waals surface area contributed by atoms with Crippen molar-refractivity contribution in [3.63, 3.8) is 0 Å². The standard InChI is InChI=1S/C16H15N4OP/c1-8-5-10-12(6-14(8)22)18-19-15(10)11-4-3-9-13(17-11)7-20(2)16(9)21/h3-6H,7,22H2,1-2H3,(H,18,19). The second kappa shape index (κ2) is 4.62. The van der Waals surface area contributed by atoms with Crippen molar-refractivity contribution in [1.82, 2.24) is 20.1 Å². The van der Waals surface area contributed by atoms with Gasteiger partial charge in [0.1, 0.15) is 5.69 Å². The van der Waals surface area contributed by atoms with Crippen LogP contribution in [0.1, 0.15) is 21.6 Å². The Bertz CT molecular complexity index is 931. The van der Waals surface area contributed by atoms with Gasteiger partial charge in [0, 0.05) is 12.4 Å². The van der Waals surface area contributed by atoms with Crippen LogP contribution in [0.4, 0.5) is 0 Å². The summed E-state index contributed by atoms with van der Waals surface area (Å²) < 4.78 is 0. The zero-order chi connectivity index (χ0) is 15.4. The van der Waals surface area contributed by atoms with E-state index in [9.17, 15) is 4.79 Å². The van der Waals surface area contributed by atoms with Gasteiger partial charge in [-0.2, -0.15) is 5.10 Å². The molecule has 1 aliphatic heterocycles. The summed E-state index contributed by atoms with van der Waals surface area (Å²) in [6.45, 7) is 2.63. The summed E-state index contributed by atoms with van der Waals surface area (Å²) in [4.78, 5) is 18.3. The van der Waals surface area contributed by atoms with Crippen LogP contribution in [0.5, 0.6) is 0 Å². The number of carbonyl (C=O) groups is 1. The molecule has 0 saturated carbocycles. The van der Waals surface area contributed by atoms with Gasteiger partial charge in [-0.1, -0.05) is 0 Å². The summed E-state index contributed by atoms with van der Waals surface area (Å²) in [7, 11) is 4.52. The molecule has 6 heteroatoms. The molecular formula is C16H15N4OP. The molecule has 1 N–H and O–H groups in total. The molecule has 1 atom stereocenters. The highest BCUT2D eigenvalue weighted by Gasteiger charge is 2.26. The summed E-state index contributed by atoms with van der Waals surface area (Å²) >= 11 is 0. The van der Waals surface area contributed by atoms with Gasteiger partial charge in [0.05, 0.1) is 29.0 Å². The largest absolute Gasteiger partial charge is 0.336 e. The number of pyridine rings is 1. The molecule has 22 heavy (non-hydrogen) atoms. The number of nitrogens with zero attached hydrogens (tertiary/aromatic N) is 3. The summed E-state index contributed by atoms with van der Waals surface area (Å²) in [6.07, 6.45) is 0. The van der Waals surface area contributed by atoms with Crippen molar-refractivity contribution in [2.24, 2.45) is 0 Å². The molecule has 110 valence electrons. The van der Waals surface area contributed by atoms with Gasteiger partial charge in [0.15, 0.2) is 0 Å². The Morgan fingerprint density at radius 2 is 2.14 bits per heavy atom. The normalized spacial score (nSPS) is 14.0. The molecule has 4 rings (SSSR count). The number of fused-ring (bicyclic) bond motifs is 2. The van der Waals surface area contributed by atoms with Gasteiger partial charge in [-0.05, 0) is 42.1 Å². The Morgan fingerprint density at radius 3 is 2.95 bits per heavy atom. The fourth-order valence-corrected chi connectivity index (χ4v) is 3.09. The van der Waals surface area contributed by atoms with Gasteiger partial charge in [0.25, 0.3) is 5.91 Å². The highest BCUT2D eigenvalue weighted by Crippen LogP contribution is 2.28. The Labute approximate surface area is 129 Å². The Kier molecular flexibility index (Phi) is 2.81. The minimum Gasteiger partial charge on any atom is -0.336 e. The van der Waals surface area contributed by atoms with E-state index in [-0.39, 0.29) is 5.91 Å². The number of aryl methyl sites for hydroxylation is 1. The van der Waals surface area contributed by atoms with Crippen LogP contribution in [0.15, 0.2) is 24.3 Å². The van der Waals surface area contributed by atoms with E-state index in [0.29, 0.717) is 12.1 Å². The highest BCUT2D eigenvalue weighted by molar-refractivity contribution is 7.27. The second-order valence-electron chi connectivity index (χ2n) is 5.68. The minimum atomic E-state index is 0.0319. The van der Waals surface area contributed by atoms with Crippen molar-refractivity contribution < 1.29 is 4.79 Å². The smallest absolute Gasteiger partial charge is 0.255 e. The first kappa shape index (κ1) is 13.4. The van der Waals surface area contributed by atoms with Crippen molar-refractivity contribution in [2.75, 3.05) is 7.05 Å². The summed E-state index contributed by atoms with van der Waals surface area (Å²) in [5.41, 5.74) is 5.31. The van der Waals surface area contributed by atoms with Crippen molar-refractivity contribution >= 4 is 31.4 Å². The van der Waals surface area contributed by atoms with Crippen LogP contribution >= 0.6 is 9.24 Å². The van der Waals surface area contributed by atoms with E-state index < -0.39 is 0 Å². The van der Waals surface area contributed by atoms with Gasteiger partial charge in [-0.3, -0.25) is 9.89 Å². The molecular weight excluding hydrogens is 295 g/mol. The molecule has 3 aromatic rings.